The predicted octanol–water partition coefficient (Wildman–Crippen LogP) is 2.84. The molecule has 0 bridgehead atoms. The Morgan fingerprint density at radius 3 is 2.62 bits per heavy atom. The summed E-state index contributed by atoms with van der Waals surface area (Å²) in [5.41, 5.74) is 7.78. The lowest BCUT2D eigenvalue weighted by molar-refractivity contribution is 0.0951. The topological polar surface area (TPSA) is 67.5 Å². The molecule has 2 aromatic rings. The number of carbonyl (C=O) groups is 1. The highest BCUT2D eigenvalue weighted by Crippen LogP contribution is 2.14. The van der Waals surface area contributed by atoms with Gasteiger partial charge in [-0.2, -0.15) is 0 Å². The number of carbonyl (C=O) groups excluding carboxylic acids is 1. The van der Waals surface area contributed by atoms with E-state index in [-0.39, 0.29) is 11.8 Å². The molecule has 0 aliphatic heterocycles. The molecule has 2 aromatic carbocycles. The molecule has 0 saturated carbocycles. The van der Waals surface area contributed by atoms with Crippen LogP contribution in [-0.4, -0.2) is 17.6 Å². The Morgan fingerprint density at radius 2 is 1.90 bits per heavy atom. The minimum absolute atomic E-state index is 0.152. The Labute approximate surface area is 128 Å². The highest BCUT2D eigenvalue weighted by Gasteiger charge is 2.06. The maximum absolute atomic E-state index is 12.1. The van der Waals surface area contributed by atoms with E-state index >= 15 is 0 Å². The lowest BCUT2D eigenvalue weighted by Gasteiger charge is -2.06. The zero-order valence-electron chi connectivity index (χ0n) is 11.4. The number of amides is 1. The van der Waals surface area contributed by atoms with Gasteiger partial charge in [-0.15, -0.1) is 11.6 Å². The molecule has 0 aromatic heterocycles. The van der Waals surface area contributed by atoms with Gasteiger partial charge in [0.1, 0.15) is 5.84 Å². The molecule has 0 aliphatic carbocycles. The van der Waals surface area contributed by atoms with Crippen molar-refractivity contribution >= 4 is 29.0 Å². The molecule has 0 atom stereocenters. The van der Waals surface area contributed by atoms with Gasteiger partial charge in [0.25, 0.3) is 5.91 Å². The van der Waals surface area contributed by atoms with Crippen molar-refractivity contribution in [1.29, 1.82) is 0 Å². The van der Waals surface area contributed by atoms with E-state index in [1.54, 1.807) is 24.3 Å². The van der Waals surface area contributed by atoms with E-state index in [1.165, 1.54) is 0 Å². The van der Waals surface area contributed by atoms with Crippen LogP contribution in [0.15, 0.2) is 59.6 Å². The van der Waals surface area contributed by atoms with Gasteiger partial charge in [0.2, 0.25) is 0 Å². The Bertz CT molecular complexity index is 641. The highest BCUT2D eigenvalue weighted by molar-refractivity contribution is 6.28. The fourth-order valence-electron chi connectivity index (χ4n) is 1.79. The number of nitrogens with one attached hydrogen (secondary N) is 1. The van der Waals surface area contributed by atoms with Gasteiger partial charge in [-0.05, 0) is 23.8 Å². The zero-order chi connectivity index (χ0) is 15.1. The molecule has 0 unspecified atom stereocenters. The first-order chi connectivity index (χ1) is 10.2. The summed E-state index contributed by atoms with van der Waals surface area (Å²) < 4.78 is 0. The fourth-order valence-corrected chi connectivity index (χ4v) is 1.85. The summed E-state index contributed by atoms with van der Waals surface area (Å²) in [5, 5.41) is 2.87. The van der Waals surface area contributed by atoms with E-state index in [4.69, 9.17) is 17.3 Å². The van der Waals surface area contributed by atoms with Gasteiger partial charge < -0.3 is 11.1 Å². The molecule has 0 spiro atoms. The number of hydrogen-bond acceptors (Lipinski definition) is 2. The van der Waals surface area contributed by atoms with Crippen LogP contribution in [0.3, 0.4) is 0 Å². The number of aliphatic imine (C=N–C) groups is 1. The van der Waals surface area contributed by atoms with Crippen LogP contribution >= 0.6 is 11.6 Å². The summed E-state index contributed by atoms with van der Waals surface area (Å²) in [6, 6.07) is 16.7. The average Bonchev–Trinajstić information content (AvgIpc) is 2.53. The van der Waals surface area contributed by atoms with Gasteiger partial charge in [0.15, 0.2) is 0 Å². The molecule has 2 rings (SSSR count). The van der Waals surface area contributed by atoms with Crippen molar-refractivity contribution in [3.63, 3.8) is 0 Å². The summed E-state index contributed by atoms with van der Waals surface area (Å²) in [6.07, 6.45) is 0. The van der Waals surface area contributed by atoms with Crippen molar-refractivity contribution < 1.29 is 4.79 Å². The molecule has 3 N–H and O–H groups in total. The highest BCUT2D eigenvalue weighted by atomic mass is 35.5. The summed E-state index contributed by atoms with van der Waals surface area (Å²) in [5.74, 6) is 0.323. The van der Waals surface area contributed by atoms with E-state index in [1.807, 2.05) is 30.3 Å². The summed E-state index contributed by atoms with van der Waals surface area (Å²) in [4.78, 5) is 16.2. The molecule has 108 valence electrons. The molecule has 1 amide bonds. The van der Waals surface area contributed by atoms with E-state index in [9.17, 15) is 4.79 Å². The molecule has 0 radical (unpaired) electrons. The standard InChI is InChI=1S/C16H16ClN3O/c17-10-15(18)20-14-8-4-7-13(9-14)16(21)19-11-12-5-2-1-3-6-12/h1-9H,10-11H2,(H2,18,20)(H,19,21). The van der Waals surface area contributed by atoms with Crippen LogP contribution in [0.4, 0.5) is 5.69 Å². The molecule has 21 heavy (non-hydrogen) atoms. The zero-order valence-corrected chi connectivity index (χ0v) is 12.2. The normalized spacial score (nSPS) is 11.2. The maximum atomic E-state index is 12.1. The van der Waals surface area contributed by atoms with Gasteiger partial charge in [-0.25, -0.2) is 4.99 Å². The molecule has 5 heteroatoms. The second-order valence-electron chi connectivity index (χ2n) is 4.46. The lowest BCUT2D eigenvalue weighted by Crippen LogP contribution is -2.22. The SMILES string of the molecule is NC(CCl)=Nc1cccc(C(=O)NCc2ccccc2)c1. The first kappa shape index (κ1) is 15.1. The molecule has 4 nitrogen and oxygen atoms in total. The first-order valence-corrected chi connectivity index (χ1v) is 7.03. The number of amidine groups is 1. The third-order valence-electron chi connectivity index (χ3n) is 2.81. The molecule has 0 fully saturated rings. The van der Waals surface area contributed by atoms with Crippen LogP contribution < -0.4 is 11.1 Å². The maximum Gasteiger partial charge on any atom is 0.251 e. The van der Waals surface area contributed by atoms with E-state index < -0.39 is 0 Å². The van der Waals surface area contributed by atoms with Gasteiger partial charge in [0, 0.05) is 12.1 Å². The Kier molecular flexibility index (Phi) is 5.35. The van der Waals surface area contributed by atoms with Gasteiger partial charge in [-0.3, -0.25) is 4.79 Å². The average molecular weight is 302 g/mol. The number of rotatable bonds is 5. The van der Waals surface area contributed by atoms with Crippen LogP contribution in [0, 0.1) is 0 Å². The van der Waals surface area contributed by atoms with Crippen molar-refractivity contribution in [2.75, 3.05) is 5.88 Å². The number of benzene rings is 2. The van der Waals surface area contributed by atoms with Crippen molar-refractivity contribution in [2.24, 2.45) is 10.7 Å². The van der Waals surface area contributed by atoms with Crippen LogP contribution in [0.1, 0.15) is 15.9 Å². The summed E-state index contributed by atoms with van der Waals surface area (Å²) in [6.45, 7) is 0.483. The molecular formula is C16H16ClN3O. The van der Waals surface area contributed by atoms with Crippen LogP contribution in [0.2, 0.25) is 0 Å². The number of hydrogen-bond donors (Lipinski definition) is 2. The Morgan fingerprint density at radius 1 is 1.14 bits per heavy atom. The lowest BCUT2D eigenvalue weighted by atomic mass is 10.1. The summed E-state index contributed by atoms with van der Waals surface area (Å²) in [7, 11) is 0. The third kappa shape index (κ3) is 4.61. The molecule has 0 heterocycles. The largest absolute Gasteiger partial charge is 0.386 e. The quantitative estimate of drug-likeness (QED) is 0.506. The second kappa shape index (κ2) is 7.45. The van der Waals surface area contributed by atoms with E-state index in [0.29, 0.717) is 23.6 Å². The Hall–Kier alpha value is -2.33. The summed E-state index contributed by atoms with van der Waals surface area (Å²) >= 11 is 5.59. The fraction of sp³-hybridized carbons (Fsp3) is 0.125. The van der Waals surface area contributed by atoms with Gasteiger partial charge in [-0.1, -0.05) is 36.4 Å². The third-order valence-corrected chi connectivity index (χ3v) is 3.09. The van der Waals surface area contributed by atoms with Crippen molar-refractivity contribution in [2.45, 2.75) is 6.54 Å². The van der Waals surface area contributed by atoms with E-state index in [2.05, 4.69) is 10.3 Å². The van der Waals surface area contributed by atoms with Crippen molar-refractivity contribution in [3.05, 3.63) is 65.7 Å². The number of alkyl halides is 1. The van der Waals surface area contributed by atoms with Crippen LogP contribution in [-0.2, 0) is 6.54 Å². The van der Waals surface area contributed by atoms with Gasteiger partial charge in [0.05, 0.1) is 11.6 Å². The molecular weight excluding hydrogens is 286 g/mol. The van der Waals surface area contributed by atoms with Crippen LogP contribution in [0.25, 0.3) is 0 Å². The number of nitrogens with two attached hydrogens (primary N) is 1. The number of nitrogens with zero attached hydrogens (tertiary/aromatic N) is 1. The van der Waals surface area contributed by atoms with Crippen molar-refractivity contribution in [1.82, 2.24) is 5.32 Å². The molecule has 0 aliphatic rings. The Balaban J connectivity index is 2.04. The first-order valence-electron chi connectivity index (χ1n) is 6.50. The van der Waals surface area contributed by atoms with Crippen LogP contribution in [0.5, 0.6) is 0 Å². The minimum Gasteiger partial charge on any atom is -0.386 e. The smallest absolute Gasteiger partial charge is 0.251 e. The predicted molar refractivity (Wildman–Crippen MR) is 86.1 cm³/mol. The van der Waals surface area contributed by atoms with E-state index in [0.717, 1.165) is 5.56 Å². The van der Waals surface area contributed by atoms with Gasteiger partial charge >= 0.3 is 0 Å². The number of halogens is 1. The monoisotopic (exact) mass is 301 g/mol. The second-order valence-corrected chi connectivity index (χ2v) is 4.72. The van der Waals surface area contributed by atoms with Crippen molar-refractivity contribution in [3.8, 4) is 0 Å². The minimum atomic E-state index is -0.152. The molecule has 0 saturated heterocycles.